The van der Waals surface area contributed by atoms with Crippen molar-refractivity contribution < 1.29 is 9.18 Å². The van der Waals surface area contributed by atoms with Crippen molar-refractivity contribution in [2.24, 2.45) is 0 Å². The summed E-state index contributed by atoms with van der Waals surface area (Å²) in [6.07, 6.45) is 0.894. The Balaban J connectivity index is 1.20. The van der Waals surface area contributed by atoms with Crippen LogP contribution in [0.5, 0.6) is 0 Å². The minimum absolute atomic E-state index is 0.190. The van der Waals surface area contributed by atoms with Gasteiger partial charge in [0.1, 0.15) is 11.5 Å². The van der Waals surface area contributed by atoms with E-state index >= 15 is 0 Å². The quantitative estimate of drug-likeness (QED) is 0.629. The fourth-order valence-corrected chi connectivity index (χ4v) is 3.89. The average molecular weight is 394 g/mol. The SMILES string of the molecule is Cc1cccc(N2CCN(CCCNC(=O)c3cc4c(F)cccc4[nH]3)CC2)c1. The molecule has 0 bridgehead atoms. The van der Waals surface area contributed by atoms with E-state index in [1.807, 2.05) is 0 Å². The predicted octanol–water partition coefficient (Wildman–Crippen LogP) is 3.56. The molecule has 2 heterocycles. The normalized spacial score (nSPS) is 15.0. The van der Waals surface area contributed by atoms with E-state index in [9.17, 15) is 9.18 Å². The number of aryl methyl sites for hydroxylation is 1. The van der Waals surface area contributed by atoms with Gasteiger partial charge < -0.3 is 15.2 Å². The third-order valence-corrected chi connectivity index (χ3v) is 5.53. The summed E-state index contributed by atoms with van der Waals surface area (Å²) in [7, 11) is 0. The van der Waals surface area contributed by atoms with Gasteiger partial charge in [-0.1, -0.05) is 18.2 Å². The van der Waals surface area contributed by atoms with E-state index in [-0.39, 0.29) is 11.7 Å². The number of carbonyl (C=O) groups is 1. The van der Waals surface area contributed by atoms with E-state index < -0.39 is 0 Å². The Labute approximate surface area is 170 Å². The minimum Gasteiger partial charge on any atom is -0.369 e. The highest BCUT2D eigenvalue weighted by molar-refractivity contribution is 5.98. The standard InChI is InChI=1S/C23H27FN4O/c1-17-5-2-6-18(15-17)28-13-11-27(12-14-28)10-4-9-25-23(29)22-16-19-20(24)7-3-8-21(19)26-22/h2-3,5-8,15-16,26H,4,9-14H2,1H3,(H,25,29). The molecule has 152 valence electrons. The number of anilines is 1. The number of halogens is 1. The van der Waals surface area contributed by atoms with Crippen molar-refractivity contribution in [3.05, 3.63) is 65.6 Å². The molecule has 1 fully saturated rings. The molecular weight excluding hydrogens is 367 g/mol. The fraction of sp³-hybridized carbons (Fsp3) is 0.348. The van der Waals surface area contributed by atoms with Crippen LogP contribution in [0.15, 0.2) is 48.5 Å². The van der Waals surface area contributed by atoms with Crippen molar-refractivity contribution in [1.29, 1.82) is 0 Å². The van der Waals surface area contributed by atoms with E-state index in [2.05, 4.69) is 51.3 Å². The third kappa shape index (κ3) is 4.59. The number of amides is 1. The lowest BCUT2D eigenvalue weighted by Crippen LogP contribution is -2.47. The Bertz CT molecular complexity index is 991. The number of aromatic amines is 1. The summed E-state index contributed by atoms with van der Waals surface area (Å²) in [4.78, 5) is 20.2. The molecule has 6 heteroatoms. The van der Waals surface area contributed by atoms with E-state index in [1.54, 1.807) is 18.2 Å². The first-order chi connectivity index (χ1) is 14.1. The van der Waals surface area contributed by atoms with Crippen LogP contribution >= 0.6 is 0 Å². The maximum absolute atomic E-state index is 13.8. The molecule has 0 atom stereocenters. The van der Waals surface area contributed by atoms with Crippen LogP contribution in [-0.2, 0) is 0 Å². The molecule has 29 heavy (non-hydrogen) atoms. The summed E-state index contributed by atoms with van der Waals surface area (Å²) < 4.78 is 13.8. The van der Waals surface area contributed by atoms with E-state index in [4.69, 9.17) is 0 Å². The van der Waals surface area contributed by atoms with Crippen LogP contribution in [0.4, 0.5) is 10.1 Å². The Morgan fingerprint density at radius 3 is 2.66 bits per heavy atom. The van der Waals surface area contributed by atoms with Crippen molar-refractivity contribution in [2.45, 2.75) is 13.3 Å². The summed E-state index contributed by atoms with van der Waals surface area (Å²) >= 11 is 0. The lowest BCUT2D eigenvalue weighted by Gasteiger charge is -2.36. The molecule has 1 aliphatic heterocycles. The van der Waals surface area contributed by atoms with E-state index in [0.29, 0.717) is 23.1 Å². The molecule has 1 saturated heterocycles. The zero-order valence-electron chi connectivity index (χ0n) is 16.7. The van der Waals surface area contributed by atoms with Gasteiger partial charge >= 0.3 is 0 Å². The van der Waals surface area contributed by atoms with Gasteiger partial charge in [0.25, 0.3) is 5.91 Å². The maximum Gasteiger partial charge on any atom is 0.267 e. The van der Waals surface area contributed by atoms with Gasteiger partial charge in [-0.25, -0.2) is 4.39 Å². The van der Waals surface area contributed by atoms with Crippen LogP contribution in [0.25, 0.3) is 10.9 Å². The van der Waals surface area contributed by atoms with E-state index in [1.165, 1.54) is 17.3 Å². The first-order valence-corrected chi connectivity index (χ1v) is 10.2. The monoisotopic (exact) mass is 394 g/mol. The smallest absolute Gasteiger partial charge is 0.267 e. The zero-order chi connectivity index (χ0) is 20.2. The van der Waals surface area contributed by atoms with Crippen LogP contribution in [0, 0.1) is 12.7 Å². The summed E-state index contributed by atoms with van der Waals surface area (Å²) in [5, 5.41) is 3.38. The third-order valence-electron chi connectivity index (χ3n) is 5.53. The lowest BCUT2D eigenvalue weighted by atomic mass is 10.2. The van der Waals surface area contributed by atoms with Crippen LogP contribution in [0.1, 0.15) is 22.5 Å². The molecule has 1 aliphatic rings. The number of hydrogen-bond donors (Lipinski definition) is 2. The minimum atomic E-state index is -0.317. The zero-order valence-corrected chi connectivity index (χ0v) is 16.7. The molecule has 0 unspecified atom stereocenters. The molecule has 0 saturated carbocycles. The largest absolute Gasteiger partial charge is 0.369 e. The number of nitrogens with one attached hydrogen (secondary N) is 2. The molecule has 4 rings (SSSR count). The van der Waals surface area contributed by atoms with Crippen molar-refractivity contribution in [3.63, 3.8) is 0 Å². The molecule has 2 aromatic carbocycles. The number of H-pyrrole nitrogens is 1. The fourth-order valence-electron chi connectivity index (χ4n) is 3.89. The molecule has 5 nitrogen and oxygen atoms in total. The van der Waals surface area contributed by atoms with Crippen molar-refractivity contribution in [1.82, 2.24) is 15.2 Å². The van der Waals surface area contributed by atoms with E-state index in [0.717, 1.165) is 39.1 Å². The highest BCUT2D eigenvalue weighted by Crippen LogP contribution is 2.19. The molecule has 2 N–H and O–H groups in total. The molecule has 1 aromatic heterocycles. The first-order valence-electron chi connectivity index (χ1n) is 10.2. The van der Waals surface area contributed by atoms with Crippen LogP contribution in [0.2, 0.25) is 0 Å². The molecular formula is C23H27FN4O. The summed E-state index contributed by atoms with van der Waals surface area (Å²) in [5.41, 5.74) is 3.63. The predicted molar refractivity (Wildman–Crippen MR) is 115 cm³/mol. The maximum atomic E-state index is 13.8. The summed E-state index contributed by atoms with van der Waals surface area (Å²) in [6, 6.07) is 15.0. The first kappa shape index (κ1) is 19.5. The Morgan fingerprint density at radius 1 is 1.10 bits per heavy atom. The number of rotatable bonds is 6. The van der Waals surface area contributed by atoms with Gasteiger partial charge in [0, 0.05) is 49.3 Å². The highest BCUT2D eigenvalue weighted by Gasteiger charge is 2.17. The van der Waals surface area contributed by atoms with Gasteiger partial charge in [-0.3, -0.25) is 9.69 Å². The number of nitrogens with zero attached hydrogens (tertiary/aromatic N) is 2. The number of fused-ring (bicyclic) bond motifs is 1. The van der Waals surface area contributed by atoms with Gasteiger partial charge in [0.15, 0.2) is 0 Å². The highest BCUT2D eigenvalue weighted by atomic mass is 19.1. The van der Waals surface area contributed by atoms with Gasteiger partial charge in [-0.05, 0) is 55.8 Å². The molecule has 3 aromatic rings. The van der Waals surface area contributed by atoms with Crippen molar-refractivity contribution in [2.75, 3.05) is 44.2 Å². The number of piperazine rings is 1. The van der Waals surface area contributed by atoms with Crippen molar-refractivity contribution in [3.8, 4) is 0 Å². The van der Waals surface area contributed by atoms with Gasteiger partial charge in [0.05, 0.1) is 0 Å². The lowest BCUT2D eigenvalue weighted by molar-refractivity contribution is 0.0947. The number of aromatic nitrogens is 1. The molecule has 0 radical (unpaired) electrons. The van der Waals surface area contributed by atoms with Gasteiger partial charge in [-0.15, -0.1) is 0 Å². The van der Waals surface area contributed by atoms with Crippen LogP contribution in [-0.4, -0.2) is 55.1 Å². The summed E-state index contributed by atoms with van der Waals surface area (Å²) in [6.45, 7) is 7.80. The Morgan fingerprint density at radius 2 is 1.90 bits per heavy atom. The Kier molecular flexibility index (Phi) is 5.81. The van der Waals surface area contributed by atoms with Crippen molar-refractivity contribution >= 4 is 22.5 Å². The van der Waals surface area contributed by atoms with Gasteiger partial charge in [-0.2, -0.15) is 0 Å². The Hall–Kier alpha value is -2.86. The second-order valence-corrected chi connectivity index (χ2v) is 7.66. The summed E-state index contributed by atoms with van der Waals surface area (Å²) in [5.74, 6) is -0.507. The second-order valence-electron chi connectivity index (χ2n) is 7.66. The van der Waals surface area contributed by atoms with Gasteiger partial charge in [0.2, 0.25) is 0 Å². The number of hydrogen-bond acceptors (Lipinski definition) is 3. The second kappa shape index (κ2) is 8.66. The number of carbonyl (C=O) groups excluding carboxylic acids is 1. The average Bonchev–Trinajstić information content (AvgIpc) is 3.17. The molecule has 0 aliphatic carbocycles. The van der Waals surface area contributed by atoms with Crippen LogP contribution in [0.3, 0.4) is 0 Å². The number of benzene rings is 2. The van der Waals surface area contributed by atoms with Crippen LogP contribution < -0.4 is 10.2 Å². The molecule has 1 amide bonds. The topological polar surface area (TPSA) is 51.4 Å². The molecule has 0 spiro atoms.